The summed E-state index contributed by atoms with van der Waals surface area (Å²) in [4.78, 5) is 24.2. The van der Waals surface area contributed by atoms with Crippen LogP contribution in [-0.2, 0) is 4.79 Å². The van der Waals surface area contributed by atoms with Crippen molar-refractivity contribution in [2.45, 2.75) is 0 Å². The molecular weight excluding hydrogens is 260 g/mol. The lowest BCUT2D eigenvalue weighted by atomic mass is 10.1. The minimum Gasteiger partial charge on any atom is -0.363 e. The minimum atomic E-state index is -0.943. The van der Waals surface area contributed by atoms with E-state index in [1.807, 2.05) is 41.8 Å². The molecule has 0 aliphatic heterocycles. The highest BCUT2D eigenvalue weighted by Crippen LogP contribution is 2.31. The largest absolute Gasteiger partial charge is 0.363 e. The monoisotopic (exact) mass is 270 g/mol. The number of primary amides is 1. The van der Waals surface area contributed by atoms with Crippen LogP contribution in [0.3, 0.4) is 0 Å². The third kappa shape index (κ3) is 1.84. The van der Waals surface area contributed by atoms with Crippen molar-refractivity contribution in [3.63, 3.8) is 0 Å². The molecule has 0 unspecified atom stereocenters. The van der Waals surface area contributed by atoms with Gasteiger partial charge in [-0.1, -0.05) is 12.1 Å². The Labute approximate surface area is 113 Å². The van der Waals surface area contributed by atoms with Crippen LogP contribution < -0.4 is 5.73 Å². The molecule has 5 heteroatoms. The first-order valence-corrected chi connectivity index (χ1v) is 6.54. The first-order chi connectivity index (χ1) is 9.18. The summed E-state index contributed by atoms with van der Waals surface area (Å²) in [6.45, 7) is 0. The zero-order chi connectivity index (χ0) is 13.4. The Morgan fingerprint density at radius 1 is 1.16 bits per heavy atom. The number of Topliss-reactive ketones (excluding diaryl/α,β-unsaturated/α-hetero) is 1. The smallest absolute Gasteiger partial charge is 0.291 e. The van der Waals surface area contributed by atoms with Gasteiger partial charge in [0.1, 0.15) is 5.69 Å². The molecule has 94 valence electrons. The first kappa shape index (κ1) is 11.7. The molecule has 0 saturated carbocycles. The van der Waals surface area contributed by atoms with Crippen LogP contribution in [0.4, 0.5) is 0 Å². The van der Waals surface area contributed by atoms with Gasteiger partial charge >= 0.3 is 0 Å². The Bertz CT molecular complexity index is 772. The minimum absolute atomic E-state index is 0.325. The lowest BCUT2D eigenvalue weighted by Crippen LogP contribution is -2.24. The van der Waals surface area contributed by atoms with Gasteiger partial charge in [0.2, 0.25) is 0 Å². The quantitative estimate of drug-likeness (QED) is 0.586. The standard InChI is InChI=1S/C14H10N2O2S/c15-14(18)13(17)12-10(11-5-3-7-19-11)8-9-4-1-2-6-16(9)12/h1-8H,(H2,15,18). The van der Waals surface area contributed by atoms with Crippen molar-refractivity contribution in [2.24, 2.45) is 5.73 Å². The molecule has 0 aliphatic rings. The molecule has 0 radical (unpaired) electrons. The van der Waals surface area contributed by atoms with Crippen LogP contribution in [0.1, 0.15) is 10.5 Å². The summed E-state index contributed by atoms with van der Waals surface area (Å²) >= 11 is 1.52. The van der Waals surface area contributed by atoms with Crippen LogP contribution in [0.25, 0.3) is 16.0 Å². The zero-order valence-corrected chi connectivity index (χ0v) is 10.7. The van der Waals surface area contributed by atoms with E-state index < -0.39 is 11.7 Å². The molecule has 1 amide bonds. The van der Waals surface area contributed by atoms with Crippen molar-refractivity contribution in [1.29, 1.82) is 0 Å². The third-order valence-electron chi connectivity index (χ3n) is 2.91. The number of nitrogens with zero attached hydrogens (tertiary/aromatic N) is 1. The number of rotatable bonds is 3. The second-order valence-corrected chi connectivity index (χ2v) is 5.02. The number of hydrogen-bond donors (Lipinski definition) is 1. The van der Waals surface area contributed by atoms with Crippen LogP contribution in [0, 0.1) is 0 Å². The van der Waals surface area contributed by atoms with E-state index in [2.05, 4.69) is 0 Å². The van der Waals surface area contributed by atoms with Gasteiger partial charge in [0.05, 0.1) is 0 Å². The SMILES string of the molecule is NC(=O)C(=O)c1c(-c2cccs2)cc2ccccn12. The topological polar surface area (TPSA) is 64.6 Å². The molecule has 0 atom stereocenters. The predicted molar refractivity (Wildman–Crippen MR) is 74.2 cm³/mol. The Morgan fingerprint density at radius 2 is 2.00 bits per heavy atom. The average Bonchev–Trinajstić information content (AvgIpc) is 3.04. The van der Waals surface area contributed by atoms with Crippen LogP contribution in [-0.4, -0.2) is 16.1 Å². The van der Waals surface area contributed by atoms with E-state index in [0.717, 1.165) is 16.0 Å². The van der Waals surface area contributed by atoms with Gasteiger partial charge < -0.3 is 10.1 Å². The highest BCUT2D eigenvalue weighted by molar-refractivity contribution is 7.13. The molecule has 3 aromatic heterocycles. The van der Waals surface area contributed by atoms with Gasteiger partial charge in [0, 0.05) is 22.2 Å². The Kier molecular flexibility index (Phi) is 2.68. The molecule has 2 N–H and O–H groups in total. The summed E-state index contributed by atoms with van der Waals surface area (Å²) in [6.07, 6.45) is 1.75. The van der Waals surface area contributed by atoms with Crippen LogP contribution in [0.5, 0.6) is 0 Å². The number of fused-ring (bicyclic) bond motifs is 1. The van der Waals surface area contributed by atoms with Crippen molar-refractivity contribution >= 4 is 28.5 Å². The molecule has 0 aromatic carbocycles. The van der Waals surface area contributed by atoms with Gasteiger partial charge in [-0.3, -0.25) is 9.59 Å². The Hall–Kier alpha value is -2.40. The highest BCUT2D eigenvalue weighted by Gasteiger charge is 2.22. The molecule has 4 nitrogen and oxygen atoms in total. The number of carbonyl (C=O) groups is 2. The molecule has 0 spiro atoms. The fourth-order valence-electron chi connectivity index (χ4n) is 2.09. The first-order valence-electron chi connectivity index (χ1n) is 5.66. The maximum atomic E-state index is 12.0. The van der Waals surface area contributed by atoms with Crippen molar-refractivity contribution in [1.82, 2.24) is 4.40 Å². The number of nitrogens with two attached hydrogens (primary N) is 1. The van der Waals surface area contributed by atoms with E-state index in [-0.39, 0.29) is 0 Å². The van der Waals surface area contributed by atoms with Gasteiger partial charge in [-0.25, -0.2) is 0 Å². The number of pyridine rings is 1. The van der Waals surface area contributed by atoms with E-state index in [1.165, 1.54) is 11.3 Å². The molecule has 0 aliphatic carbocycles. The second kappa shape index (κ2) is 4.37. The van der Waals surface area contributed by atoms with Crippen molar-refractivity contribution in [3.8, 4) is 10.4 Å². The maximum absolute atomic E-state index is 12.0. The van der Waals surface area contributed by atoms with Crippen molar-refractivity contribution in [2.75, 3.05) is 0 Å². The summed E-state index contributed by atoms with van der Waals surface area (Å²) < 4.78 is 1.70. The summed E-state index contributed by atoms with van der Waals surface area (Å²) in [5.74, 6) is -1.61. The fraction of sp³-hybridized carbons (Fsp3) is 0. The van der Waals surface area contributed by atoms with Crippen molar-refractivity contribution < 1.29 is 9.59 Å². The van der Waals surface area contributed by atoms with E-state index in [9.17, 15) is 9.59 Å². The number of amides is 1. The van der Waals surface area contributed by atoms with Gasteiger partial charge in [0.25, 0.3) is 11.7 Å². The van der Waals surface area contributed by atoms with E-state index in [4.69, 9.17) is 5.73 Å². The molecule has 19 heavy (non-hydrogen) atoms. The van der Waals surface area contributed by atoms with E-state index in [1.54, 1.807) is 10.6 Å². The molecule has 0 saturated heterocycles. The van der Waals surface area contributed by atoms with Crippen LogP contribution in [0.2, 0.25) is 0 Å². The molecule has 0 bridgehead atoms. The number of thiophene rings is 1. The molecule has 3 heterocycles. The number of carbonyl (C=O) groups excluding carboxylic acids is 2. The fourth-order valence-corrected chi connectivity index (χ4v) is 2.84. The maximum Gasteiger partial charge on any atom is 0.291 e. The van der Waals surface area contributed by atoms with E-state index in [0.29, 0.717) is 5.69 Å². The summed E-state index contributed by atoms with van der Waals surface area (Å²) in [5.41, 5.74) is 7.06. The number of aromatic nitrogens is 1. The Morgan fingerprint density at radius 3 is 2.68 bits per heavy atom. The second-order valence-electron chi connectivity index (χ2n) is 4.07. The highest BCUT2D eigenvalue weighted by atomic mass is 32.1. The van der Waals surface area contributed by atoms with Crippen LogP contribution >= 0.6 is 11.3 Å². The lowest BCUT2D eigenvalue weighted by Gasteiger charge is -2.02. The normalized spacial score (nSPS) is 10.7. The average molecular weight is 270 g/mol. The van der Waals surface area contributed by atoms with Gasteiger partial charge in [-0.05, 0) is 29.6 Å². The molecule has 3 rings (SSSR count). The summed E-state index contributed by atoms with van der Waals surface area (Å²) in [5, 5.41) is 1.93. The predicted octanol–water partition coefficient (Wildman–Crippen LogP) is 2.34. The number of ketones is 1. The van der Waals surface area contributed by atoms with Crippen molar-refractivity contribution in [3.05, 3.63) is 53.7 Å². The van der Waals surface area contributed by atoms with Gasteiger partial charge in [0.15, 0.2) is 0 Å². The van der Waals surface area contributed by atoms with Gasteiger partial charge in [-0.2, -0.15) is 0 Å². The third-order valence-corrected chi connectivity index (χ3v) is 3.81. The Balaban J connectivity index is 2.35. The van der Waals surface area contributed by atoms with E-state index >= 15 is 0 Å². The van der Waals surface area contributed by atoms with Gasteiger partial charge in [-0.15, -0.1) is 11.3 Å². The lowest BCUT2D eigenvalue weighted by molar-refractivity contribution is -0.114. The molecule has 3 aromatic rings. The summed E-state index contributed by atoms with van der Waals surface area (Å²) in [7, 11) is 0. The van der Waals surface area contributed by atoms with Crippen LogP contribution in [0.15, 0.2) is 48.0 Å². The number of hydrogen-bond acceptors (Lipinski definition) is 3. The molecule has 0 fully saturated rings. The summed E-state index contributed by atoms with van der Waals surface area (Å²) in [6, 6.07) is 11.3. The molecular formula is C14H10N2O2S. The zero-order valence-electron chi connectivity index (χ0n) is 9.87.